The van der Waals surface area contributed by atoms with Gasteiger partial charge >= 0.3 is 0 Å². The molecule has 2 aromatic rings. The molecule has 0 saturated carbocycles. The Labute approximate surface area is 160 Å². The first kappa shape index (κ1) is 18.9. The fraction of sp³-hybridized carbons (Fsp3) is 0.333. The van der Waals surface area contributed by atoms with E-state index in [0.29, 0.717) is 30.0 Å². The minimum Gasteiger partial charge on any atom is -0.356 e. The van der Waals surface area contributed by atoms with Gasteiger partial charge in [-0.3, -0.25) is 14.4 Å². The number of carbonyl (C=O) groups excluding carboxylic acids is 4. The molecule has 3 rings (SSSR count). The summed E-state index contributed by atoms with van der Waals surface area (Å²) < 4.78 is 0. The highest BCUT2D eigenvalue weighted by atomic mass is 35.5. The number of aromatic amines is 1. The summed E-state index contributed by atoms with van der Waals surface area (Å²) in [5, 5.41) is 9.05. The molecule has 1 aliphatic heterocycles. The molecular weight excluding hydrogens is 372 g/mol. The lowest BCUT2D eigenvalue weighted by molar-refractivity contribution is -0.125. The molecule has 4 N–H and O–H groups in total. The summed E-state index contributed by atoms with van der Waals surface area (Å²) in [5.74, 6) is -1.34. The average Bonchev–Trinajstić information content (AvgIpc) is 3.24. The smallest absolute Gasteiger partial charge is 0.268 e. The van der Waals surface area contributed by atoms with Crippen LogP contribution in [0.15, 0.2) is 24.3 Å². The Morgan fingerprint density at radius 3 is 2.85 bits per heavy atom. The Hall–Kier alpha value is -2.87. The van der Waals surface area contributed by atoms with E-state index in [-0.39, 0.29) is 24.8 Å². The van der Waals surface area contributed by atoms with Crippen LogP contribution in [0.3, 0.4) is 0 Å². The topological polar surface area (TPSA) is 120 Å². The molecule has 2 heterocycles. The second-order valence-corrected chi connectivity index (χ2v) is 6.86. The summed E-state index contributed by atoms with van der Waals surface area (Å²) >= 11 is 5.92. The van der Waals surface area contributed by atoms with E-state index in [1.807, 2.05) is 0 Å². The van der Waals surface area contributed by atoms with Gasteiger partial charge in [-0.15, -0.1) is 0 Å². The first-order chi connectivity index (χ1) is 13.0. The number of hydrogen-bond acceptors (Lipinski definition) is 4. The number of benzene rings is 1. The van der Waals surface area contributed by atoms with Crippen molar-refractivity contribution in [2.45, 2.75) is 18.9 Å². The number of aldehydes is 1. The van der Waals surface area contributed by atoms with E-state index in [9.17, 15) is 19.2 Å². The van der Waals surface area contributed by atoms with Crippen molar-refractivity contribution in [3.63, 3.8) is 0 Å². The van der Waals surface area contributed by atoms with Crippen LogP contribution in [0, 0.1) is 5.92 Å². The number of hydrogen-bond donors (Lipinski definition) is 4. The average molecular weight is 391 g/mol. The molecule has 0 radical (unpaired) electrons. The molecule has 2 atom stereocenters. The van der Waals surface area contributed by atoms with Crippen molar-refractivity contribution in [3.05, 3.63) is 35.0 Å². The zero-order valence-electron chi connectivity index (χ0n) is 14.4. The molecule has 8 nitrogen and oxygen atoms in total. The van der Waals surface area contributed by atoms with E-state index in [0.717, 1.165) is 10.9 Å². The second kappa shape index (κ2) is 8.22. The number of H-pyrrole nitrogens is 1. The summed E-state index contributed by atoms with van der Waals surface area (Å²) in [6, 6.07) is 6.07. The van der Waals surface area contributed by atoms with E-state index in [4.69, 9.17) is 11.6 Å². The van der Waals surface area contributed by atoms with E-state index < -0.39 is 17.9 Å². The molecule has 1 aromatic carbocycles. The van der Waals surface area contributed by atoms with Crippen LogP contribution in [0.2, 0.25) is 5.02 Å². The summed E-state index contributed by atoms with van der Waals surface area (Å²) in [6.45, 7) is 0.297. The van der Waals surface area contributed by atoms with Crippen molar-refractivity contribution in [2.24, 2.45) is 5.92 Å². The molecule has 1 fully saturated rings. The standard InChI is InChI=1S/C18H19ClN4O4/c19-12-1-2-14-11(5-12)7-15(23-14)18(27)21-8-16(25)22-13(9-24)6-10-3-4-20-17(10)26/h1-2,5,7,9-10,13,23H,3-4,6,8H2,(H,20,26)(H,21,27)(H,22,25). The molecule has 1 saturated heterocycles. The zero-order valence-corrected chi connectivity index (χ0v) is 15.1. The molecule has 1 aromatic heterocycles. The molecule has 0 bridgehead atoms. The van der Waals surface area contributed by atoms with Crippen molar-refractivity contribution >= 4 is 46.5 Å². The fourth-order valence-corrected chi connectivity index (χ4v) is 3.24. The second-order valence-electron chi connectivity index (χ2n) is 6.42. The van der Waals surface area contributed by atoms with Gasteiger partial charge in [-0.05, 0) is 37.1 Å². The Balaban J connectivity index is 1.51. The van der Waals surface area contributed by atoms with Crippen molar-refractivity contribution in [1.82, 2.24) is 20.9 Å². The molecule has 3 amide bonds. The maximum absolute atomic E-state index is 12.2. The highest BCUT2D eigenvalue weighted by Gasteiger charge is 2.27. The minimum absolute atomic E-state index is 0.108. The van der Waals surface area contributed by atoms with Crippen LogP contribution in [-0.4, -0.2) is 48.1 Å². The zero-order chi connectivity index (χ0) is 19.4. The van der Waals surface area contributed by atoms with Gasteiger partial charge in [0.25, 0.3) is 5.91 Å². The molecule has 0 spiro atoms. The monoisotopic (exact) mass is 390 g/mol. The molecule has 0 aliphatic carbocycles. The maximum Gasteiger partial charge on any atom is 0.268 e. The van der Waals surface area contributed by atoms with Crippen molar-refractivity contribution in [1.29, 1.82) is 0 Å². The molecular formula is C18H19ClN4O4. The van der Waals surface area contributed by atoms with Gasteiger partial charge in [0.05, 0.1) is 12.6 Å². The van der Waals surface area contributed by atoms with E-state index in [1.54, 1.807) is 24.3 Å². The SMILES string of the molecule is O=CC(CC1CCNC1=O)NC(=O)CNC(=O)c1cc2cc(Cl)ccc2[nH]1. The third-order valence-corrected chi connectivity index (χ3v) is 4.68. The van der Waals surface area contributed by atoms with Gasteiger partial charge < -0.3 is 25.7 Å². The summed E-state index contributed by atoms with van der Waals surface area (Å²) in [6.07, 6.45) is 1.49. The normalized spacial score (nSPS) is 17.4. The van der Waals surface area contributed by atoms with Gasteiger partial charge in [0.15, 0.2) is 0 Å². The first-order valence-electron chi connectivity index (χ1n) is 8.55. The predicted octanol–water partition coefficient (Wildman–Crippen LogP) is 0.761. The van der Waals surface area contributed by atoms with Gasteiger partial charge in [0.1, 0.15) is 12.0 Å². The van der Waals surface area contributed by atoms with Gasteiger partial charge in [-0.2, -0.15) is 0 Å². The number of halogens is 1. The number of fused-ring (bicyclic) bond motifs is 1. The Morgan fingerprint density at radius 1 is 1.33 bits per heavy atom. The number of carbonyl (C=O) groups is 4. The summed E-state index contributed by atoms with van der Waals surface area (Å²) in [5.41, 5.74) is 1.06. The summed E-state index contributed by atoms with van der Waals surface area (Å²) in [7, 11) is 0. The minimum atomic E-state index is -0.765. The van der Waals surface area contributed by atoms with Gasteiger partial charge in [0.2, 0.25) is 11.8 Å². The highest BCUT2D eigenvalue weighted by molar-refractivity contribution is 6.31. The van der Waals surface area contributed by atoms with Crippen molar-refractivity contribution in [3.8, 4) is 0 Å². The van der Waals surface area contributed by atoms with E-state index >= 15 is 0 Å². The molecule has 142 valence electrons. The van der Waals surface area contributed by atoms with Crippen LogP contribution < -0.4 is 16.0 Å². The molecule has 9 heteroatoms. The lowest BCUT2D eigenvalue weighted by Crippen LogP contribution is -2.44. The van der Waals surface area contributed by atoms with Crippen LogP contribution in [-0.2, 0) is 14.4 Å². The quantitative estimate of drug-likeness (QED) is 0.521. The van der Waals surface area contributed by atoms with Crippen LogP contribution in [0.1, 0.15) is 23.3 Å². The number of aromatic nitrogens is 1. The number of rotatable bonds is 7. The van der Waals surface area contributed by atoms with Gasteiger partial charge in [-0.1, -0.05) is 11.6 Å². The van der Waals surface area contributed by atoms with Crippen molar-refractivity contribution in [2.75, 3.05) is 13.1 Å². The van der Waals surface area contributed by atoms with Crippen LogP contribution in [0.5, 0.6) is 0 Å². The Morgan fingerprint density at radius 2 is 2.15 bits per heavy atom. The first-order valence-corrected chi connectivity index (χ1v) is 8.93. The predicted molar refractivity (Wildman–Crippen MR) is 99.4 cm³/mol. The van der Waals surface area contributed by atoms with Crippen LogP contribution >= 0.6 is 11.6 Å². The third-order valence-electron chi connectivity index (χ3n) is 4.45. The number of amides is 3. The molecule has 27 heavy (non-hydrogen) atoms. The van der Waals surface area contributed by atoms with Crippen LogP contribution in [0.25, 0.3) is 10.9 Å². The summed E-state index contributed by atoms with van der Waals surface area (Å²) in [4.78, 5) is 49.9. The number of nitrogens with one attached hydrogen (secondary N) is 4. The van der Waals surface area contributed by atoms with E-state index in [2.05, 4.69) is 20.9 Å². The third kappa shape index (κ3) is 4.65. The van der Waals surface area contributed by atoms with E-state index in [1.165, 1.54) is 0 Å². The van der Waals surface area contributed by atoms with Crippen LogP contribution in [0.4, 0.5) is 0 Å². The maximum atomic E-state index is 12.2. The molecule has 1 aliphatic rings. The highest BCUT2D eigenvalue weighted by Crippen LogP contribution is 2.20. The Bertz CT molecular complexity index is 895. The molecule has 2 unspecified atom stereocenters. The van der Waals surface area contributed by atoms with Gasteiger partial charge in [-0.25, -0.2) is 0 Å². The van der Waals surface area contributed by atoms with Gasteiger partial charge in [0, 0.05) is 28.4 Å². The lowest BCUT2D eigenvalue weighted by Gasteiger charge is -2.15. The van der Waals surface area contributed by atoms with Crippen molar-refractivity contribution < 1.29 is 19.2 Å². The largest absolute Gasteiger partial charge is 0.356 e. The Kier molecular flexibility index (Phi) is 5.75. The lowest BCUT2D eigenvalue weighted by atomic mass is 9.99. The fourth-order valence-electron chi connectivity index (χ4n) is 3.06.